The highest BCUT2D eigenvalue weighted by Gasteiger charge is 2.33. The van der Waals surface area contributed by atoms with Crippen LogP contribution in [0.15, 0.2) is 18.2 Å². The van der Waals surface area contributed by atoms with E-state index in [9.17, 15) is 14.9 Å². The molecule has 1 saturated heterocycles. The molecule has 0 aromatic heterocycles. The van der Waals surface area contributed by atoms with E-state index in [0.29, 0.717) is 5.69 Å². The normalized spacial score (nSPS) is 22.0. The van der Waals surface area contributed by atoms with E-state index >= 15 is 0 Å². The molecule has 1 aromatic carbocycles. The number of hydrogen-bond acceptors (Lipinski definition) is 4. The van der Waals surface area contributed by atoms with Gasteiger partial charge in [-0.05, 0) is 45.2 Å². The molecule has 0 saturated carbocycles. The number of carbonyl (C=O) groups excluding carboxylic acids is 1. The molecule has 0 aliphatic carbocycles. The number of benzene rings is 1. The standard InChI is InChI=1S/C15H21N3O3/c1-10-5-4-6-11(2)17(10)15(19)13-9-12(16-3)7-8-14(13)18(20)21/h7-11,16H,4-6H2,1-3H3. The maximum atomic E-state index is 12.8. The van der Waals surface area contributed by atoms with Gasteiger partial charge in [0, 0.05) is 30.9 Å². The zero-order chi connectivity index (χ0) is 15.6. The molecule has 0 radical (unpaired) electrons. The number of nitro groups is 1. The smallest absolute Gasteiger partial charge is 0.282 e. The Morgan fingerprint density at radius 3 is 2.48 bits per heavy atom. The third-order valence-corrected chi connectivity index (χ3v) is 4.14. The van der Waals surface area contributed by atoms with Gasteiger partial charge in [-0.25, -0.2) is 0 Å². The van der Waals surface area contributed by atoms with Gasteiger partial charge in [-0.3, -0.25) is 14.9 Å². The van der Waals surface area contributed by atoms with Crippen LogP contribution >= 0.6 is 0 Å². The monoisotopic (exact) mass is 291 g/mol. The van der Waals surface area contributed by atoms with Crippen LogP contribution in [-0.2, 0) is 0 Å². The minimum atomic E-state index is -0.494. The van der Waals surface area contributed by atoms with Crippen LogP contribution < -0.4 is 5.32 Å². The number of nitro benzene ring substituents is 1. The summed E-state index contributed by atoms with van der Waals surface area (Å²) in [6.07, 6.45) is 2.97. The summed E-state index contributed by atoms with van der Waals surface area (Å²) in [7, 11) is 1.72. The summed E-state index contributed by atoms with van der Waals surface area (Å²) in [5.41, 5.74) is 0.720. The van der Waals surface area contributed by atoms with Crippen molar-refractivity contribution in [1.29, 1.82) is 0 Å². The highest BCUT2D eigenvalue weighted by atomic mass is 16.6. The summed E-state index contributed by atoms with van der Waals surface area (Å²) in [5.74, 6) is -0.251. The number of nitrogens with one attached hydrogen (secondary N) is 1. The second kappa shape index (κ2) is 6.11. The summed E-state index contributed by atoms with van der Waals surface area (Å²) in [6, 6.07) is 4.78. The van der Waals surface area contributed by atoms with Crippen LogP contribution in [-0.4, -0.2) is 34.9 Å². The van der Waals surface area contributed by atoms with Gasteiger partial charge in [-0.15, -0.1) is 0 Å². The Bertz CT molecular complexity index is 549. The zero-order valence-electron chi connectivity index (χ0n) is 12.6. The van der Waals surface area contributed by atoms with Gasteiger partial charge >= 0.3 is 0 Å². The van der Waals surface area contributed by atoms with Crippen LogP contribution in [0.3, 0.4) is 0 Å². The Balaban J connectivity index is 2.43. The van der Waals surface area contributed by atoms with Gasteiger partial charge in [0.2, 0.25) is 0 Å². The maximum Gasteiger partial charge on any atom is 0.282 e. The van der Waals surface area contributed by atoms with Crippen LogP contribution in [0.25, 0.3) is 0 Å². The first-order valence-electron chi connectivity index (χ1n) is 7.24. The fourth-order valence-corrected chi connectivity index (χ4v) is 2.98. The molecule has 0 bridgehead atoms. The van der Waals surface area contributed by atoms with Gasteiger partial charge in [0.25, 0.3) is 11.6 Å². The number of hydrogen-bond donors (Lipinski definition) is 1. The van der Waals surface area contributed by atoms with Gasteiger partial charge in [0.1, 0.15) is 5.56 Å². The van der Waals surface area contributed by atoms with Crippen LogP contribution in [0.2, 0.25) is 0 Å². The number of rotatable bonds is 3. The molecule has 1 aliphatic rings. The Morgan fingerprint density at radius 2 is 1.95 bits per heavy atom. The van der Waals surface area contributed by atoms with E-state index in [1.54, 1.807) is 24.1 Å². The van der Waals surface area contributed by atoms with E-state index in [1.807, 2.05) is 13.8 Å². The van der Waals surface area contributed by atoms with Crippen LogP contribution in [0.5, 0.6) is 0 Å². The fraction of sp³-hybridized carbons (Fsp3) is 0.533. The third kappa shape index (κ3) is 2.99. The number of carbonyl (C=O) groups is 1. The predicted molar refractivity (Wildman–Crippen MR) is 81.6 cm³/mol. The SMILES string of the molecule is CNc1ccc([N+](=O)[O-])c(C(=O)N2C(C)CCCC2C)c1. The van der Waals surface area contributed by atoms with E-state index in [0.717, 1.165) is 19.3 Å². The summed E-state index contributed by atoms with van der Waals surface area (Å²) in [5, 5.41) is 14.1. The average Bonchev–Trinajstić information content (AvgIpc) is 2.46. The Labute approximate surface area is 124 Å². The lowest BCUT2D eigenvalue weighted by molar-refractivity contribution is -0.385. The number of likely N-dealkylation sites (tertiary alicyclic amines) is 1. The molecule has 114 valence electrons. The van der Waals surface area contributed by atoms with Gasteiger partial charge in [0.05, 0.1) is 4.92 Å². The summed E-state index contributed by atoms with van der Waals surface area (Å²) in [6.45, 7) is 4.00. The molecular formula is C15H21N3O3. The van der Waals surface area contributed by atoms with Crippen molar-refractivity contribution in [2.24, 2.45) is 0 Å². The van der Waals surface area contributed by atoms with Crippen LogP contribution in [0.1, 0.15) is 43.5 Å². The van der Waals surface area contributed by atoms with E-state index < -0.39 is 4.92 Å². The molecule has 1 heterocycles. The lowest BCUT2D eigenvalue weighted by atomic mass is 9.96. The quantitative estimate of drug-likeness (QED) is 0.686. The Kier molecular flexibility index (Phi) is 4.45. The molecular weight excluding hydrogens is 270 g/mol. The average molecular weight is 291 g/mol. The molecule has 1 fully saturated rings. The van der Waals surface area contributed by atoms with Crippen molar-refractivity contribution >= 4 is 17.3 Å². The molecule has 1 N–H and O–H groups in total. The van der Waals surface area contributed by atoms with Gasteiger partial charge < -0.3 is 10.2 Å². The molecule has 2 rings (SSSR count). The molecule has 21 heavy (non-hydrogen) atoms. The first kappa shape index (κ1) is 15.3. The largest absolute Gasteiger partial charge is 0.388 e. The predicted octanol–water partition coefficient (Wildman–Crippen LogP) is 3.04. The Hall–Kier alpha value is -2.11. The maximum absolute atomic E-state index is 12.8. The second-order valence-electron chi connectivity index (χ2n) is 5.58. The minimum absolute atomic E-state index is 0.110. The number of anilines is 1. The minimum Gasteiger partial charge on any atom is -0.388 e. The molecule has 2 unspecified atom stereocenters. The summed E-state index contributed by atoms with van der Waals surface area (Å²) in [4.78, 5) is 25.3. The van der Waals surface area contributed by atoms with Crippen molar-refractivity contribution in [3.05, 3.63) is 33.9 Å². The zero-order valence-corrected chi connectivity index (χ0v) is 12.6. The molecule has 6 heteroatoms. The van der Waals surface area contributed by atoms with E-state index in [-0.39, 0.29) is 29.2 Å². The molecule has 0 spiro atoms. The van der Waals surface area contributed by atoms with E-state index in [4.69, 9.17) is 0 Å². The van der Waals surface area contributed by atoms with Crippen LogP contribution in [0.4, 0.5) is 11.4 Å². The molecule has 1 aliphatic heterocycles. The van der Waals surface area contributed by atoms with Gasteiger partial charge in [0.15, 0.2) is 0 Å². The van der Waals surface area contributed by atoms with Gasteiger partial charge in [-0.1, -0.05) is 0 Å². The summed E-state index contributed by atoms with van der Waals surface area (Å²) < 4.78 is 0. The van der Waals surface area contributed by atoms with E-state index in [1.165, 1.54) is 6.07 Å². The van der Waals surface area contributed by atoms with E-state index in [2.05, 4.69) is 5.32 Å². The van der Waals surface area contributed by atoms with Crippen molar-refractivity contribution in [2.45, 2.75) is 45.2 Å². The lowest BCUT2D eigenvalue weighted by Gasteiger charge is -2.39. The topological polar surface area (TPSA) is 75.5 Å². The van der Waals surface area contributed by atoms with Crippen molar-refractivity contribution in [3.63, 3.8) is 0 Å². The molecule has 6 nitrogen and oxygen atoms in total. The lowest BCUT2D eigenvalue weighted by Crippen LogP contribution is -2.47. The van der Waals surface area contributed by atoms with Crippen molar-refractivity contribution in [3.8, 4) is 0 Å². The summed E-state index contributed by atoms with van der Waals surface area (Å²) >= 11 is 0. The van der Waals surface area contributed by atoms with Gasteiger partial charge in [-0.2, -0.15) is 0 Å². The first-order chi connectivity index (χ1) is 9.95. The second-order valence-corrected chi connectivity index (χ2v) is 5.58. The van der Waals surface area contributed by atoms with Crippen molar-refractivity contribution < 1.29 is 9.72 Å². The Morgan fingerprint density at radius 1 is 1.33 bits per heavy atom. The van der Waals surface area contributed by atoms with Crippen molar-refractivity contribution in [1.82, 2.24) is 4.90 Å². The molecule has 2 atom stereocenters. The number of piperidine rings is 1. The fourth-order valence-electron chi connectivity index (χ4n) is 2.98. The molecule has 1 aromatic rings. The van der Waals surface area contributed by atoms with Crippen molar-refractivity contribution in [2.75, 3.05) is 12.4 Å². The first-order valence-corrected chi connectivity index (χ1v) is 7.24. The number of nitrogens with zero attached hydrogens (tertiary/aromatic N) is 2. The highest BCUT2D eigenvalue weighted by molar-refractivity contribution is 5.99. The molecule has 1 amide bonds. The third-order valence-electron chi connectivity index (χ3n) is 4.14. The van der Waals surface area contributed by atoms with Crippen LogP contribution in [0, 0.1) is 10.1 Å². The number of amides is 1. The highest BCUT2D eigenvalue weighted by Crippen LogP contribution is 2.29.